The van der Waals surface area contributed by atoms with Gasteiger partial charge in [-0.1, -0.05) is 0 Å². The summed E-state index contributed by atoms with van der Waals surface area (Å²) in [4.78, 5) is 0. The van der Waals surface area contributed by atoms with Gasteiger partial charge in [0, 0.05) is 0 Å². The number of nitrogens with two attached hydrogens (primary N) is 1. The van der Waals surface area contributed by atoms with Crippen LogP contribution in [-0.4, -0.2) is 27.3 Å². The highest BCUT2D eigenvalue weighted by molar-refractivity contribution is 7.89. The zero-order chi connectivity index (χ0) is 7.61. The Morgan fingerprint density at radius 1 is 1.50 bits per heavy atom. The summed E-state index contributed by atoms with van der Waals surface area (Å²) in [6, 6.07) is 0. The van der Waals surface area contributed by atoms with E-state index in [0.29, 0.717) is 12.3 Å². The first-order valence-corrected chi connectivity index (χ1v) is 5.00. The minimum Gasteiger partial charge on any atom is -0.316 e. The van der Waals surface area contributed by atoms with Crippen molar-refractivity contribution >= 4 is 10.0 Å². The van der Waals surface area contributed by atoms with Crippen molar-refractivity contribution in [3.8, 4) is 0 Å². The molecule has 10 heavy (non-hydrogen) atoms. The van der Waals surface area contributed by atoms with Gasteiger partial charge in [0.25, 0.3) is 0 Å². The quantitative estimate of drug-likeness (QED) is 0.555. The molecular weight excluding hydrogens is 152 g/mol. The molecule has 0 saturated carbocycles. The lowest BCUT2D eigenvalue weighted by Crippen LogP contribution is -2.43. The average molecular weight is 164 g/mol. The van der Waals surface area contributed by atoms with Gasteiger partial charge in [-0.2, -0.15) is 0 Å². The Kier molecular flexibility index (Phi) is 2.28. The van der Waals surface area contributed by atoms with Gasteiger partial charge in [0.15, 0.2) is 0 Å². The molecule has 60 valence electrons. The van der Waals surface area contributed by atoms with E-state index in [4.69, 9.17) is 5.14 Å². The lowest BCUT2D eigenvalue weighted by molar-refractivity contribution is 0.339. The zero-order valence-electron chi connectivity index (χ0n) is 5.71. The van der Waals surface area contributed by atoms with Gasteiger partial charge in [-0.3, -0.25) is 0 Å². The van der Waals surface area contributed by atoms with Crippen molar-refractivity contribution in [3.63, 3.8) is 0 Å². The minimum atomic E-state index is -3.22. The highest BCUT2D eigenvalue weighted by Gasteiger charge is 2.18. The van der Waals surface area contributed by atoms with Gasteiger partial charge in [0.2, 0.25) is 10.0 Å². The van der Waals surface area contributed by atoms with Gasteiger partial charge in [-0.25, -0.2) is 13.6 Å². The largest absolute Gasteiger partial charge is 0.316 e. The fraction of sp³-hybridized carbons (Fsp3) is 1.00. The molecule has 0 amide bonds. The predicted molar refractivity (Wildman–Crippen MR) is 39.0 cm³/mol. The van der Waals surface area contributed by atoms with E-state index in [1.54, 1.807) is 0 Å². The third-order valence-electron chi connectivity index (χ3n) is 1.68. The molecule has 0 aliphatic carbocycles. The van der Waals surface area contributed by atoms with Crippen LogP contribution in [0.2, 0.25) is 0 Å². The van der Waals surface area contributed by atoms with Gasteiger partial charge in [0.1, 0.15) is 0 Å². The average Bonchev–Trinajstić information content (AvgIpc) is 1.56. The summed E-state index contributed by atoms with van der Waals surface area (Å²) in [5.74, 6) is 0.651. The Morgan fingerprint density at radius 3 is 2.40 bits per heavy atom. The van der Waals surface area contributed by atoms with Crippen LogP contribution in [0.5, 0.6) is 0 Å². The van der Waals surface area contributed by atoms with E-state index in [2.05, 4.69) is 5.32 Å². The normalized spacial score (nSPS) is 20.5. The number of sulfonamides is 1. The van der Waals surface area contributed by atoms with Crippen LogP contribution in [0, 0.1) is 5.92 Å². The van der Waals surface area contributed by atoms with E-state index in [9.17, 15) is 8.42 Å². The van der Waals surface area contributed by atoms with Gasteiger partial charge in [-0.05, 0) is 25.4 Å². The summed E-state index contributed by atoms with van der Waals surface area (Å²) in [7, 11) is -3.22. The van der Waals surface area contributed by atoms with E-state index in [1.807, 2.05) is 0 Å². The third-order valence-corrected chi connectivity index (χ3v) is 2.48. The van der Waals surface area contributed by atoms with E-state index in [0.717, 1.165) is 13.1 Å². The van der Waals surface area contributed by atoms with Crippen molar-refractivity contribution in [2.24, 2.45) is 11.1 Å². The van der Waals surface area contributed by atoms with Gasteiger partial charge in [-0.15, -0.1) is 0 Å². The van der Waals surface area contributed by atoms with E-state index in [-0.39, 0.29) is 5.75 Å². The van der Waals surface area contributed by atoms with Crippen LogP contribution < -0.4 is 10.5 Å². The molecule has 1 aliphatic heterocycles. The number of hydrogen-bond acceptors (Lipinski definition) is 3. The molecule has 1 rings (SSSR count). The molecule has 0 aromatic carbocycles. The summed E-state index contributed by atoms with van der Waals surface area (Å²) < 4.78 is 20.9. The Hall–Kier alpha value is -0.130. The van der Waals surface area contributed by atoms with E-state index < -0.39 is 10.0 Å². The zero-order valence-corrected chi connectivity index (χ0v) is 6.52. The number of primary sulfonamides is 1. The fourth-order valence-corrected chi connectivity index (χ4v) is 1.55. The molecule has 1 saturated heterocycles. The Bertz CT molecular complexity index is 196. The van der Waals surface area contributed by atoms with Crippen LogP contribution in [0.1, 0.15) is 6.42 Å². The monoisotopic (exact) mass is 164 g/mol. The molecule has 0 spiro atoms. The summed E-state index contributed by atoms with van der Waals surface area (Å²) in [5.41, 5.74) is 0. The molecule has 1 aliphatic rings. The highest BCUT2D eigenvalue weighted by Crippen LogP contribution is 2.08. The maximum absolute atomic E-state index is 10.4. The van der Waals surface area contributed by atoms with Crippen molar-refractivity contribution in [1.82, 2.24) is 5.32 Å². The van der Waals surface area contributed by atoms with E-state index >= 15 is 0 Å². The van der Waals surface area contributed by atoms with Crippen LogP contribution in [0.3, 0.4) is 0 Å². The highest BCUT2D eigenvalue weighted by atomic mass is 32.2. The minimum absolute atomic E-state index is 0.124. The molecule has 0 radical (unpaired) electrons. The maximum atomic E-state index is 10.4. The van der Waals surface area contributed by atoms with Gasteiger partial charge < -0.3 is 5.32 Å². The molecule has 0 atom stereocenters. The second-order valence-corrected chi connectivity index (χ2v) is 4.41. The second-order valence-electron chi connectivity index (χ2n) is 2.68. The third kappa shape index (κ3) is 2.64. The van der Waals surface area contributed by atoms with Gasteiger partial charge >= 0.3 is 0 Å². The molecule has 0 unspecified atom stereocenters. The van der Waals surface area contributed by atoms with Crippen molar-refractivity contribution < 1.29 is 8.42 Å². The predicted octanol–water partition coefficient (Wildman–Crippen LogP) is -1.12. The molecule has 4 nitrogen and oxygen atoms in total. The Morgan fingerprint density at radius 2 is 2.10 bits per heavy atom. The summed E-state index contributed by atoms with van der Waals surface area (Å²) >= 11 is 0. The number of nitrogens with one attached hydrogen (secondary N) is 1. The van der Waals surface area contributed by atoms with Crippen LogP contribution >= 0.6 is 0 Å². The summed E-state index contributed by atoms with van der Waals surface area (Å²) in [6.07, 6.45) is 0.700. The van der Waals surface area contributed by atoms with E-state index in [1.165, 1.54) is 0 Å². The van der Waals surface area contributed by atoms with Crippen molar-refractivity contribution in [2.75, 3.05) is 18.8 Å². The first-order valence-electron chi connectivity index (χ1n) is 3.29. The molecule has 1 fully saturated rings. The Labute approximate surface area is 60.8 Å². The molecule has 0 aromatic rings. The number of rotatable bonds is 3. The van der Waals surface area contributed by atoms with Crippen molar-refractivity contribution in [3.05, 3.63) is 0 Å². The molecule has 1 heterocycles. The SMILES string of the molecule is NS(=O)(=O)CCC1CNC1. The topological polar surface area (TPSA) is 72.2 Å². The van der Waals surface area contributed by atoms with Crippen LogP contribution in [0.25, 0.3) is 0 Å². The van der Waals surface area contributed by atoms with Crippen LogP contribution in [0.4, 0.5) is 0 Å². The summed E-state index contributed by atoms with van der Waals surface area (Å²) in [6.45, 7) is 1.88. The van der Waals surface area contributed by atoms with Crippen molar-refractivity contribution in [1.29, 1.82) is 0 Å². The fourth-order valence-electron chi connectivity index (χ4n) is 0.884. The maximum Gasteiger partial charge on any atom is 0.209 e. The van der Waals surface area contributed by atoms with Crippen LogP contribution in [-0.2, 0) is 10.0 Å². The molecule has 3 N–H and O–H groups in total. The van der Waals surface area contributed by atoms with Gasteiger partial charge in [0.05, 0.1) is 5.75 Å². The molecule has 0 bridgehead atoms. The first-order chi connectivity index (χ1) is 4.58. The number of hydrogen-bond donors (Lipinski definition) is 2. The standard InChI is InChI=1S/C5H12N2O2S/c6-10(8,9)2-1-5-3-7-4-5/h5,7H,1-4H2,(H2,6,8,9). The van der Waals surface area contributed by atoms with Crippen LogP contribution in [0.15, 0.2) is 0 Å². The second kappa shape index (κ2) is 2.86. The smallest absolute Gasteiger partial charge is 0.209 e. The lowest BCUT2D eigenvalue weighted by Gasteiger charge is -2.26. The lowest BCUT2D eigenvalue weighted by atomic mass is 10.0. The Balaban J connectivity index is 2.16. The molecular formula is C5H12N2O2S. The molecule has 5 heteroatoms. The first kappa shape index (κ1) is 7.97. The molecule has 0 aromatic heterocycles. The summed E-state index contributed by atoms with van der Waals surface area (Å²) in [5, 5.41) is 7.88. The van der Waals surface area contributed by atoms with Crippen molar-refractivity contribution in [2.45, 2.75) is 6.42 Å².